The number of carbonyl (C=O) groups excluding carboxylic acids is 2. The van der Waals surface area contributed by atoms with E-state index in [2.05, 4.69) is 24.1 Å². The number of carbonyl (C=O) groups is 2. The predicted octanol–water partition coefficient (Wildman–Crippen LogP) is 0.454. The van der Waals surface area contributed by atoms with Gasteiger partial charge in [-0.3, -0.25) is 14.5 Å². The highest BCUT2D eigenvalue weighted by Crippen LogP contribution is 2.15. The normalized spacial score (nSPS) is 20.6. The van der Waals surface area contributed by atoms with E-state index in [1.807, 2.05) is 13.8 Å². The first kappa shape index (κ1) is 15.1. The van der Waals surface area contributed by atoms with Gasteiger partial charge in [-0.25, -0.2) is 0 Å². The molecule has 5 heteroatoms. The summed E-state index contributed by atoms with van der Waals surface area (Å²) in [6.45, 7) is 11.6. The van der Waals surface area contributed by atoms with E-state index in [1.165, 1.54) is 4.90 Å². The summed E-state index contributed by atoms with van der Waals surface area (Å²) in [4.78, 5) is 27.4. The summed E-state index contributed by atoms with van der Waals surface area (Å²) in [7, 11) is 0. The van der Waals surface area contributed by atoms with Gasteiger partial charge in [-0.2, -0.15) is 0 Å². The fraction of sp³-hybridized carbons (Fsp3) is 0.846. The number of likely N-dealkylation sites (tertiary alicyclic amines) is 1. The zero-order valence-electron chi connectivity index (χ0n) is 11.9. The number of hydrogen-bond acceptors (Lipinski definition) is 4. The Hall–Kier alpha value is -0.940. The van der Waals surface area contributed by atoms with E-state index in [9.17, 15) is 9.59 Å². The van der Waals surface area contributed by atoms with Crippen molar-refractivity contribution in [3.8, 4) is 0 Å². The van der Waals surface area contributed by atoms with Crippen LogP contribution < -0.4 is 5.32 Å². The maximum atomic E-state index is 12.0. The van der Waals surface area contributed by atoms with Crippen molar-refractivity contribution in [1.82, 2.24) is 15.1 Å². The number of likely N-dealkylation sites (N-methyl/N-ethyl adjacent to an activating group) is 1. The van der Waals surface area contributed by atoms with Crippen LogP contribution in [0.3, 0.4) is 0 Å². The third-order valence-corrected chi connectivity index (χ3v) is 3.41. The molecule has 0 aromatic carbocycles. The summed E-state index contributed by atoms with van der Waals surface area (Å²) in [6, 6.07) is -0.366. The molecule has 1 saturated heterocycles. The lowest BCUT2D eigenvalue weighted by Crippen LogP contribution is -2.43. The van der Waals surface area contributed by atoms with E-state index in [-0.39, 0.29) is 23.9 Å². The molecule has 104 valence electrons. The first-order valence-corrected chi connectivity index (χ1v) is 6.82. The molecule has 18 heavy (non-hydrogen) atoms. The molecular formula is C13H25N3O2. The van der Waals surface area contributed by atoms with Crippen molar-refractivity contribution in [1.29, 1.82) is 0 Å². The van der Waals surface area contributed by atoms with Gasteiger partial charge in [0.25, 0.3) is 0 Å². The fourth-order valence-electron chi connectivity index (χ4n) is 2.29. The summed E-state index contributed by atoms with van der Waals surface area (Å²) in [5.41, 5.74) is 0. The zero-order valence-corrected chi connectivity index (χ0v) is 11.9. The molecule has 0 spiro atoms. The van der Waals surface area contributed by atoms with Gasteiger partial charge in [0, 0.05) is 19.1 Å². The van der Waals surface area contributed by atoms with Crippen molar-refractivity contribution in [2.24, 2.45) is 0 Å². The largest absolute Gasteiger partial charge is 0.304 e. The summed E-state index contributed by atoms with van der Waals surface area (Å²) in [6.07, 6.45) is 0.301. The molecule has 0 aromatic heterocycles. The number of rotatable bonds is 7. The molecule has 1 fully saturated rings. The van der Waals surface area contributed by atoms with Gasteiger partial charge in [0.05, 0.1) is 12.5 Å². The molecule has 0 aliphatic carbocycles. The van der Waals surface area contributed by atoms with Crippen LogP contribution in [-0.2, 0) is 9.59 Å². The van der Waals surface area contributed by atoms with Crippen LogP contribution in [0.4, 0.5) is 0 Å². The van der Waals surface area contributed by atoms with Crippen molar-refractivity contribution in [2.75, 3.05) is 26.2 Å². The highest BCUT2D eigenvalue weighted by Gasteiger charge is 2.39. The Morgan fingerprint density at radius 1 is 1.33 bits per heavy atom. The minimum Gasteiger partial charge on any atom is -0.304 e. The first-order chi connectivity index (χ1) is 8.51. The Morgan fingerprint density at radius 2 is 1.94 bits per heavy atom. The van der Waals surface area contributed by atoms with Crippen molar-refractivity contribution in [3.05, 3.63) is 0 Å². The molecule has 1 rings (SSSR count). The fourth-order valence-corrected chi connectivity index (χ4v) is 2.29. The Kier molecular flexibility index (Phi) is 5.75. The molecule has 1 heterocycles. The number of imide groups is 1. The van der Waals surface area contributed by atoms with Gasteiger partial charge in [-0.05, 0) is 26.9 Å². The van der Waals surface area contributed by atoms with Crippen molar-refractivity contribution < 1.29 is 9.59 Å². The second kappa shape index (κ2) is 6.85. The van der Waals surface area contributed by atoms with Crippen LogP contribution in [0, 0.1) is 0 Å². The van der Waals surface area contributed by atoms with E-state index >= 15 is 0 Å². The Balaban J connectivity index is 2.41. The quantitative estimate of drug-likeness (QED) is 0.671. The molecule has 5 nitrogen and oxygen atoms in total. The van der Waals surface area contributed by atoms with Crippen LogP contribution in [-0.4, -0.2) is 59.9 Å². The van der Waals surface area contributed by atoms with Crippen molar-refractivity contribution in [3.63, 3.8) is 0 Å². The third-order valence-electron chi connectivity index (χ3n) is 3.41. The molecule has 0 bridgehead atoms. The van der Waals surface area contributed by atoms with E-state index < -0.39 is 0 Å². The molecule has 1 atom stereocenters. The average Bonchev–Trinajstić information content (AvgIpc) is 2.60. The predicted molar refractivity (Wildman–Crippen MR) is 71.2 cm³/mol. The minimum absolute atomic E-state index is 0.0421. The van der Waals surface area contributed by atoms with Gasteiger partial charge in [-0.1, -0.05) is 13.8 Å². The summed E-state index contributed by atoms with van der Waals surface area (Å²) < 4.78 is 0. The van der Waals surface area contributed by atoms with Crippen LogP contribution in [0.25, 0.3) is 0 Å². The molecule has 0 radical (unpaired) electrons. The number of nitrogens with zero attached hydrogens (tertiary/aromatic N) is 2. The van der Waals surface area contributed by atoms with Crippen molar-refractivity contribution in [2.45, 2.75) is 46.2 Å². The SMILES string of the molecule is CCN(CC)CCNC1CC(=O)N(C(C)C)C1=O. The van der Waals surface area contributed by atoms with Gasteiger partial charge < -0.3 is 10.2 Å². The molecular weight excluding hydrogens is 230 g/mol. The van der Waals surface area contributed by atoms with Gasteiger partial charge in [0.1, 0.15) is 0 Å². The molecule has 1 unspecified atom stereocenters. The molecule has 0 saturated carbocycles. The van der Waals surface area contributed by atoms with Gasteiger partial charge in [-0.15, -0.1) is 0 Å². The van der Waals surface area contributed by atoms with Gasteiger partial charge >= 0.3 is 0 Å². The van der Waals surface area contributed by atoms with Gasteiger partial charge in [0.15, 0.2) is 0 Å². The van der Waals surface area contributed by atoms with E-state index in [0.29, 0.717) is 6.42 Å². The topological polar surface area (TPSA) is 52.7 Å². The van der Waals surface area contributed by atoms with Crippen LogP contribution in [0.1, 0.15) is 34.1 Å². The molecule has 2 amide bonds. The lowest BCUT2D eigenvalue weighted by Gasteiger charge is -2.21. The summed E-state index contributed by atoms with van der Waals surface area (Å²) in [5.74, 6) is -0.134. The smallest absolute Gasteiger partial charge is 0.247 e. The summed E-state index contributed by atoms with van der Waals surface area (Å²) >= 11 is 0. The van der Waals surface area contributed by atoms with Crippen LogP contribution >= 0.6 is 0 Å². The Labute approximate surface area is 110 Å². The van der Waals surface area contributed by atoms with Gasteiger partial charge in [0.2, 0.25) is 11.8 Å². The van der Waals surface area contributed by atoms with Crippen LogP contribution in [0.2, 0.25) is 0 Å². The lowest BCUT2D eigenvalue weighted by atomic mass is 10.2. The van der Waals surface area contributed by atoms with E-state index in [0.717, 1.165) is 26.2 Å². The monoisotopic (exact) mass is 255 g/mol. The van der Waals surface area contributed by atoms with Crippen LogP contribution in [0.15, 0.2) is 0 Å². The van der Waals surface area contributed by atoms with E-state index in [4.69, 9.17) is 0 Å². The maximum absolute atomic E-state index is 12.0. The number of amides is 2. The first-order valence-electron chi connectivity index (χ1n) is 6.82. The number of hydrogen-bond donors (Lipinski definition) is 1. The standard InChI is InChI=1S/C13H25N3O2/c1-5-15(6-2)8-7-14-11-9-12(17)16(10(3)4)13(11)18/h10-11,14H,5-9H2,1-4H3. The second-order valence-corrected chi connectivity index (χ2v) is 4.93. The Morgan fingerprint density at radius 3 is 2.39 bits per heavy atom. The summed E-state index contributed by atoms with van der Waals surface area (Å²) in [5, 5.41) is 3.19. The molecule has 1 aliphatic rings. The van der Waals surface area contributed by atoms with Crippen LogP contribution in [0.5, 0.6) is 0 Å². The number of nitrogens with one attached hydrogen (secondary N) is 1. The second-order valence-electron chi connectivity index (χ2n) is 4.93. The zero-order chi connectivity index (χ0) is 13.7. The Bertz CT molecular complexity index is 301. The highest BCUT2D eigenvalue weighted by molar-refractivity contribution is 6.05. The maximum Gasteiger partial charge on any atom is 0.247 e. The highest BCUT2D eigenvalue weighted by atomic mass is 16.2. The molecule has 1 aliphatic heterocycles. The molecule has 1 N–H and O–H groups in total. The average molecular weight is 255 g/mol. The third kappa shape index (κ3) is 3.53. The minimum atomic E-state index is -0.324. The lowest BCUT2D eigenvalue weighted by molar-refractivity contribution is -0.140. The van der Waals surface area contributed by atoms with E-state index in [1.54, 1.807) is 0 Å². The van der Waals surface area contributed by atoms with Crippen molar-refractivity contribution >= 4 is 11.8 Å². The molecule has 0 aromatic rings.